The van der Waals surface area contributed by atoms with Gasteiger partial charge in [0.1, 0.15) is 5.75 Å². The molecule has 36 heavy (non-hydrogen) atoms. The first-order chi connectivity index (χ1) is 17.4. The zero-order chi connectivity index (χ0) is 25.8. The Hall–Kier alpha value is -3.12. The fourth-order valence-corrected chi connectivity index (χ4v) is 5.64. The third kappa shape index (κ3) is 5.05. The summed E-state index contributed by atoms with van der Waals surface area (Å²) < 4.78 is 24.8. The molecule has 2 heterocycles. The molecule has 1 aliphatic rings. The summed E-state index contributed by atoms with van der Waals surface area (Å²) in [5, 5.41) is 0. The first-order valence-corrected chi connectivity index (χ1v) is 13.1. The van der Waals surface area contributed by atoms with Crippen molar-refractivity contribution in [2.24, 2.45) is 4.99 Å². The lowest BCUT2D eigenvalue weighted by Gasteiger charge is -2.23. The van der Waals surface area contributed by atoms with Crippen LogP contribution < -0.4 is 29.1 Å². The molecule has 0 N–H and O–H groups in total. The van der Waals surface area contributed by atoms with Crippen LogP contribution in [0.25, 0.3) is 6.08 Å². The summed E-state index contributed by atoms with van der Waals surface area (Å²) >= 11 is 3.45. The normalized spacial score (nSPS) is 15.0. The van der Waals surface area contributed by atoms with Gasteiger partial charge in [-0.15, -0.1) is 0 Å². The van der Waals surface area contributed by atoms with Crippen LogP contribution in [-0.4, -0.2) is 38.0 Å². The second-order valence-corrected chi connectivity index (χ2v) is 9.81. The Morgan fingerprint density at radius 3 is 2.47 bits per heavy atom. The minimum atomic E-state index is -0.735. The van der Waals surface area contributed by atoms with E-state index in [2.05, 4.69) is 27.6 Å². The molecule has 1 aliphatic heterocycles. The lowest BCUT2D eigenvalue weighted by Crippen LogP contribution is -2.39. The summed E-state index contributed by atoms with van der Waals surface area (Å²) in [6.45, 7) is 4.69. The Bertz CT molecular complexity index is 1510. The molecule has 0 aliphatic carbocycles. The van der Waals surface area contributed by atoms with Crippen molar-refractivity contribution in [1.82, 2.24) is 4.57 Å². The first kappa shape index (κ1) is 26.0. The van der Waals surface area contributed by atoms with Crippen molar-refractivity contribution < 1.29 is 23.7 Å². The van der Waals surface area contributed by atoms with E-state index in [1.165, 1.54) is 29.2 Å². The smallest absolute Gasteiger partial charge is 0.337 e. The third-order valence-electron chi connectivity index (χ3n) is 5.48. The number of rotatable bonds is 8. The number of benzene rings is 2. The van der Waals surface area contributed by atoms with Gasteiger partial charge in [-0.3, -0.25) is 9.36 Å². The fourth-order valence-electron chi connectivity index (χ4n) is 3.91. The predicted octanol–water partition coefficient (Wildman–Crippen LogP) is 3.43. The number of fused-ring (bicyclic) bond motifs is 1. The number of carbonyl (C=O) groups excluding carboxylic acids is 1. The minimum Gasteiger partial charge on any atom is -0.496 e. The molecule has 0 saturated carbocycles. The van der Waals surface area contributed by atoms with E-state index in [1.807, 2.05) is 44.2 Å². The lowest BCUT2D eigenvalue weighted by molar-refractivity contribution is -0.136. The lowest BCUT2D eigenvalue weighted by atomic mass is 9.97. The van der Waals surface area contributed by atoms with Crippen molar-refractivity contribution in [2.75, 3.05) is 27.4 Å². The van der Waals surface area contributed by atoms with Gasteiger partial charge in [-0.1, -0.05) is 23.5 Å². The number of esters is 1. The van der Waals surface area contributed by atoms with Gasteiger partial charge < -0.3 is 18.9 Å². The maximum Gasteiger partial charge on any atom is 0.337 e. The molecule has 0 unspecified atom stereocenters. The van der Waals surface area contributed by atoms with Crippen LogP contribution in [0.5, 0.6) is 17.2 Å². The van der Waals surface area contributed by atoms with E-state index in [4.69, 9.17) is 18.9 Å². The Labute approximate surface area is 225 Å². The molecule has 0 radical (unpaired) electrons. The molecule has 0 saturated heterocycles. The van der Waals surface area contributed by atoms with Gasteiger partial charge in [-0.25, -0.2) is 9.79 Å². The van der Waals surface area contributed by atoms with Gasteiger partial charge >= 0.3 is 5.97 Å². The van der Waals surface area contributed by atoms with E-state index in [9.17, 15) is 9.59 Å². The van der Waals surface area contributed by atoms with Crippen molar-refractivity contribution >= 4 is 46.0 Å². The van der Waals surface area contributed by atoms with Gasteiger partial charge in [0, 0.05) is 6.20 Å². The van der Waals surface area contributed by atoms with Crippen LogP contribution in [0.3, 0.4) is 0 Å². The molecule has 1 aromatic heterocycles. The average molecular weight is 620 g/mol. The molecule has 10 heteroatoms. The van der Waals surface area contributed by atoms with E-state index in [0.29, 0.717) is 39.6 Å². The summed E-state index contributed by atoms with van der Waals surface area (Å²) in [5.74, 6) is 1.33. The second kappa shape index (κ2) is 11.3. The van der Waals surface area contributed by atoms with Gasteiger partial charge in [0.15, 0.2) is 16.3 Å². The number of halogens is 1. The summed E-state index contributed by atoms with van der Waals surface area (Å²) in [6.07, 6.45) is 3.28. The highest BCUT2D eigenvalue weighted by atomic mass is 127. The van der Waals surface area contributed by atoms with Crippen molar-refractivity contribution in [1.29, 1.82) is 0 Å². The molecule has 1 atom stereocenters. The van der Waals surface area contributed by atoms with Crippen LogP contribution in [0, 0.1) is 3.57 Å². The number of carbonyl (C=O) groups is 1. The molecule has 8 nitrogen and oxygen atoms in total. The maximum atomic E-state index is 13.7. The Balaban J connectivity index is 1.89. The number of hydrogen-bond donors (Lipinski definition) is 0. The maximum absolute atomic E-state index is 13.7. The molecule has 0 amide bonds. The monoisotopic (exact) mass is 620 g/mol. The van der Waals surface area contributed by atoms with E-state index < -0.39 is 12.0 Å². The Morgan fingerprint density at radius 1 is 1.08 bits per heavy atom. The van der Waals surface area contributed by atoms with Crippen LogP contribution in [-0.2, 0) is 9.53 Å². The summed E-state index contributed by atoms with van der Waals surface area (Å²) in [4.78, 5) is 31.3. The van der Waals surface area contributed by atoms with E-state index in [-0.39, 0.29) is 11.1 Å². The molecule has 2 aromatic carbocycles. The number of nitrogens with zero attached hydrogens (tertiary/aromatic N) is 2. The molecule has 3 aromatic rings. The van der Waals surface area contributed by atoms with E-state index >= 15 is 0 Å². The average Bonchev–Trinajstić information content (AvgIpc) is 3.19. The van der Waals surface area contributed by atoms with Crippen molar-refractivity contribution in [3.63, 3.8) is 0 Å². The molecule has 4 rings (SSSR count). The zero-order valence-corrected chi connectivity index (χ0v) is 23.2. The minimum absolute atomic E-state index is 0.252. The highest BCUT2D eigenvalue weighted by molar-refractivity contribution is 14.1. The van der Waals surface area contributed by atoms with Gasteiger partial charge in [0.05, 0.1) is 47.2 Å². The van der Waals surface area contributed by atoms with E-state index in [1.54, 1.807) is 19.2 Å². The molecule has 0 bridgehead atoms. The summed E-state index contributed by atoms with van der Waals surface area (Å²) in [5.41, 5.74) is 1.53. The standard InChI is InChI=1S/C26H25IN2O6S/c1-5-34-20-10-8-16(13-21(20)35-6-2)23-17(25(31)33-4)14-28-26-29(23)24(30)22(36-26)12-15-7-9-19(32-3)18(27)11-15/h7-14,23H,5-6H2,1-4H3/b22-12-/t23-/m0/s1. The summed E-state index contributed by atoms with van der Waals surface area (Å²) in [7, 11) is 2.92. The van der Waals surface area contributed by atoms with Crippen LogP contribution >= 0.6 is 33.9 Å². The van der Waals surface area contributed by atoms with E-state index in [0.717, 1.165) is 14.9 Å². The van der Waals surface area contributed by atoms with Gasteiger partial charge in [0.2, 0.25) is 0 Å². The zero-order valence-electron chi connectivity index (χ0n) is 20.2. The van der Waals surface area contributed by atoms with Crippen LogP contribution in [0.2, 0.25) is 0 Å². The molecular formula is C26H25IN2O6S. The van der Waals surface area contributed by atoms with Crippen LogP contribution in [0.4, 0.5) is 0 Å². The third-order valence-corrected chi connectivity index (χ3v) is 7.32. The molecular weight excluding hydrogens is 595 g/mol. The van der Waals surface area contributed by atoms with Crippen LogP contribution in [0.15, 0.2) is 58.0 Å². The molecule has 0 fully saturated rings. The predicted molar refractivity (Wildman–Crippen MR) is 146 cm³/mol. The Kier molecular flexibility index (Phi) is 8.14. The topological polar surface area (TPSA) is 88.4 Å². The number of aromatic nitrogens is 1. The highest BCUT2D eigenvalue weighted by Crippen LogP contribution is 2.35. The molecule has 0 spiro atoms. The Morgan fingerprint density at radius 2 is 1.81 bits per heavy atom. The largest absolute Gasteiger partial charge is 0.496 e. The number of methoxy groups -OCH3 is 2. The highest BCUT2D eigenvalue weighted by Gasteiger charge is 2.31. The first-order valence-electron chi connectivity index (χ1n) is 11.2. The molecule has 188 valence electrons. The summed E-state index contributed by atoms with van der Waals surface area (Å²) in [6, 6.07) is 10.4. The van der Waals surface area contributed by atoms with Gasteiger partial charge in [-0.2, -0.15) is 0 Å². The quantitative estimate of drug-likeness (QED) is 0.284. The van der Waals surface area contributed by atoms with Crippen molar-refractivity contribution in [3.8, 4) is 17.2 Å². The SMILES string of the molecule is CCOc1ccc([C@H]2C(C(=O)OC)=CN=c3s/c(=C\c4ccc(OC)c(I)c4)c(=O)n32)cc1OCC. The van der Waals surface area contributed by atoms with Gasteiger partial charge in [0.25, 0.3) is 5.56 Å². The van der Waals surface area contributed by atoms with Crippen molar-refractivity contribution in [3.05, 3.63) is 82.6 Å². The number of ether oxygens (including phenoxy) is 4. The fraction of sp³-hybridized carbons (Fsp3) is 0.269. The number of thiazole rings is 1. The number of hydrogen-bond acceptors (Lipinski definition) is 8. The second-order valence-electron chi connectivity index (χ2n) is 7.64. The van der Waals surface area contributed by atoms with Crippen LogP contribution in [0.1, 0.15) is 31.0 Å². The van der Waals surface area contributed by atoms with Gasteiger partial charge in [-0.05, 0) is 77.9 Å². The van der Waals surface area contributed by atoms with Crippen molar-refractivity contribution in [2.45, 2.75) is 19.9 Å².